The van der Waals surface area contributed by atoms with Crippen molar-refractivity contribution in [3.05, 3.63) is 64.7 Å². The smallest absolute Gasteiger partial charge is 0.119 e. The number of hydrogen-bond acceptors (Lipinski definition) is 3. The first-order chi connectivity index (χ1) is 14.3. The van der Waals surface area contributed by atoms with Gasteiger partial charge in [-0.1, -0.05) is 41.9 Å². The minimum Gasteiger partial charge on any atom is -0.491 e. The van der Waals surface area contributed by atoms with Crippen LogP contribution in [0.2, 0.25) is 5.02 Å². The van der Waals surface area contributed by atoms with E-state index in [1.165, 1.54) is 11.1 Å². The molecule has 30 heavy (non-hydrogen) atoms. The Morgan fingerprint density at radius 2 is 1.83 bits per heavy atom. The maximum Gasteiger partial charge on any atom is 0.119 e. The van der Waals surface area contributed by atoms with Gasteiger partial charge in [-0.25, -0.2) is 0 Å². The molecule has 0 bridgehead atoms. The zero-order valence-corrected chi connectivity index (χ0v) is 19.6. The van der Waals surface area contributed by atoms with E-state index in [1.54, 1.807) is 0 Å². The van der Waals surface area contributed by atoms with Gasteiger partial charge in [0.1, 0.15) is 5.75 Å². The van der Waals surface area contributed by atoms with Crippen molar-refractivity contribution in [1.29, 1.82) is 0 Å². The molecule has 4 heteroatoms. The third kappa shape index (κ3) is 6.73. The fourth-order valence-corrected chi connectivity index (χ4v) is 4.83. The molecule has 0 saturated carbocycles. The Balaban J connectivity index is 1.59. The summed E-state index contributed by atoms with van der Waals surface area (Å²) in [5.41, 5.74) is 2.64. The molecular weight excluding hydrogens is 394 g/mol. The molecule has 1 N–H and O–H groups in total. The summed E-state index contributed by atoms with van der Waals surface area (Å²) in [5, 5.41) is 4.52. The minimum absolute atomic E-state index is 0.0915. The molecule has 0 unspecified atom stereocenters. The van der Waals surface area contributed by atoms with Crippen LogP contribution in [0.1, 0.15) is 58.1 Å². The molecular formula is C26H36ClNO2. The number of hydrogen-bond donors (Lipinski definition) is 1. The fraction of sp³-hybridized carbons (Fsp3) is 0.538. The Labute approximate surface area is 187 Å². The number of ether oxygens (including phenoxy) is 2. The Kier molecular flexibility index (Phi) is 7.84. The monoisotopic (exact) mass is 429 g/mol. The first kappa shape index (κ1) is 23.1. The lowest BCUT2D eigenvalue weighted by atomic mass is 9.68. The van der Waals surface area contributed by atoms with Crippen molar-refractivity contribution in [2.75, 3.05) is 13.2 Å². The first-order valence-corrected chi connectivity index (χ1v) is 11.5. The molecule has 0 radical (unpaired) electrons. The van der Waals surface area contributed by atoms with E-state index in [0.29, 0.717) is 0 Å². The highest BCUT2D eigenvalue weighted by molar-refractivity contribution is 6.31. The van der Waals surface area contributed by atoms with E-state index in [9.17, 15) is 0 Å². The minimum atomic E-state index is -0.0915. The Morgan fingerprint density at radius 1 is 1.10 bits per heavy atom. The molecule has 1 atom stereocenters. The van der Waals surface area contributed by atoms with Gasteiger partial charge in [-0.05, 0) is 94.7 Å². The lowest BCUT2D eigenvalue weighted by Gasteiger charge is -2.45. The lowest BCUT2D eigenvalue weighted by Crippen LogP contribution is -2.43. The van der Waals surface area contributed by atoms with Crippen molar-refractivity contribution in [3.63, 3.8) is 0 Å². The van der Waals surface area contributed by atoms with Crippen molar-refractivity contribution >= 4 is 11.6 Å². The molecule has 2 aromatic carbocycles. The average molecular weight is 430 g/mol. The second-order valence-electron chi connectivity index (χ2n) is 9.54. The van der Waals surface area contributed by atoms with Crippen molar-refractivity contribution in [2.45, 2.75) is 71.6 Å². The SMILES string of the molecule is CC(C)Oc1ccc(CNCC[C@]2(Cc3ccccc3Cl)CCOC(C)(C)C2)cc1. The summed E-state index contributed by atoms with van der Waals surface area (Å²) >= 11 is 6.50. The molecule has 0 spiro atoms. The molecule has 164 valence electrons. The number of benzene rings is 2. The van der Waals surface area contributed by atoms with Crippen LogP contribution in [0.3, 0.4) is 0 Å². The van der Waals surface area contributed by atoms with E-state index in [4.69, 9.17) is 21.1 Å². The summed E-state index contributed by atoms with van der Waals surface area (Å²) in [6.07, 6.45) is 4.44. The van der Waals surface area contributed by atoms with E-state index >= 15 is 0 Å². The maximum absolute atomic E-state index is 6.50. The molecule has 1 fully saturated rings. The predicted molar refractivity (Wildman–Crippen MR) is 125 cm³/mol. The summed E-state index contributed by atoms with van der Waals surface area (Å²) in [5.74, 6) is 0.928. The van der Waals surface area contributed by atoms with Gasteiger partial charge in [0, 0.05) is 18.2 Å². The van der Waals surface area contributed by atoms with Gasteiger partial charge in [-0.3, -0.25) is 0 Å². The van der Waals surface area contributed by atoms with Crippen LogP contribution in [0.5, 0.6) is 5.75 Å². The third-order valence-electron chi connectivity index (χ3n) is 5.91. The van der Waals surface area contributed by atoms with Crippen LogP contribution in [0.25, 0.3) is 0 Å². The van der Waals surface area contributed by atoms with Gasteiger partial charge in [0.25, 0.3) is 0 Å². The van der Waals surface area contributed by atoms with Crippen molar-refractivity contribution in [1.82, 2.24) is 5.32 Å². The van der Waals surface area contributed by atoms with Gasteiger partial charge < -0.3 is 14.8 Å². The van der Waals surface area contributed by atoms with E-state index in [-0.39, 0.29) is 17.1 Å². The predicted octanol–water partition coefficient (Wildman–Crippen LogP) is 6.43. The molecule has 0 aliphatic carbocycles. The van der Waals surface area contributed by atoms with Gasteiger partial charge in [0.2, 0.25) is 0 Å². The normalized spacial score (nSPS) is 21.0. The molecule has 3 nitrogen and oxygen atoms in total. The fourth-order valence-electron chi connectivity index (χ4n) is 4.63. The summed E-state index contributed by atoms with van der Waals surface area (Å²) in [6, 6.07) is 16.6. The van der Waals surface area contributed by atoms with Crippen LogP contribution in [0, 0.1) is 5.41 Å². The summed E-state index contributed by atoms with van der Waals surface area (Å²) in [6.45, 7) is 11.2. The van der Waals surface area contributed by atoms with Crippen molar-refractivity contribution < 1.29 is 9.47 Å². The molecule has 0 amide bonds. The second kappa shape index (κ2) is 10.2. The van der Waals surface area contributed by atoms with Crippen LogP contribution in [0.4, 0.5) is 0 Å². The number of rotatable bonds is 9. The van der Waals surface area contributed by atoms with Crippen molar-refractivity contribution in [2.24, 2.45) is 5.41 Å². The largest absolute Gasteiger partial charge is 0.491 e. The molecule has 1 aliphatic rings. The van der Waals surface area contributed by atoms with Crippen LogP contribution >= 0.6 is 11.6 Å². The molecule has 1 aliphatic heterocycles. The van der Waals surface area contributed by atoms with Gasteiger partial charge in [-0.2, -0.15) is 0 Å². The first-order valence-electron chi connectivity index (χ1n) is 11.1. The highest BCUT2D eigenvalue weighted by Crippen LogP contribution is 2.44. The molecule has 0 aromatic heterocycles. The Morgan fingerprint density at radius 3 is 2.50 bits per heavy atom. The van der Waals surface area contributed by atoms with E-state index < -0.39 is 0 Å². The van der Waals surface area contributed by atoms with E-state index in [0.717, 1.165) is 56.2 Å². The Bertz CT molecular complexity index is 803. The standard InChI is InChI=1S/C26H36ClNO2/c1-20(2)30-23-11-9-21(10-12-23)18-28-15-13-26(14-16-29-25(3,4)19-26)17-22-7-5-6-8-24(22)27/h5-12,20,28H,13-19H2,1-4H3/t26-/m1/s1. The number of nitrogens with one attached hydrogen (secondary N) is 1. The lowest BCUT2D eigenvalue weighted by molar-refractivity contribution is -0.107. The zero-order chi connectivity index (χ0) is 21.6. The molecule has 1 saturated heterocycles. The maximum atomic E-state index is 6.50. The van der Waals surface area contributed by atoms with Gasteiger partial charge >= 0.3 is 0 Å². The van der Waals surface area contributed by atoms with Crippen LogP contribution < -0.4 is 10.1 Å². The van der Waals surface area contributed by atoms with Crippen LogP contribution in [-0.2, 0) is 17.7 Å². The summed E-state index contributed by atoms with van der Waals surface area (Å²) in [4.78, 5) is 0. The summed E-state index contributed by atoms with van der Waals surface area (Å²) in [7, 11) is 0. The highest BCUT2D eigenvalue weighted by atomic mass is 35.5. The average Bonchev–Trinajstić information content (AvgIpc) is 2.67. The van der Waals surface area contributed by atoms with Gasteiger partial charge in [-0.15, -0.1) is 0 Å². The van der Waals surface area contributed by atoms with E-state index in [2.05, 4.69) is 55.6 Å². The van der Waals surface area contributed by atoms with Gasteiger partial charge in [0.05, 0.1) is 11.7 Å². The van der Waals surface area contributed by atoms with Crippen LogP contribution in [-0.4, -0.2) is 24.9 Å². The number of halogens is 1. The summed E-state index contributed by atoms with van der Waals surface area (Å²) < 4.78 is 11.8. The molecule has 2 aromatic rings. The van der Waals surface area contributed by atoms with E-state index in [1.807, 2.05) is 26.0 Å². The van der Waals surface area contributed by atoms with Gasteiger partial charge in [0.15, 0.2) is 0 Å². The quantitative estimate of drug-likeness (QED) is 0.466. The zero-order valence-electron chi connectivity index (χ0n) is 18.8. The third-order valence-corrected chi connectivity index (χ3v) is 6.27. The van der Waals surface area contributed by atoms with Crippen LogP contribution in [0.15, 0.2) is 48.5 Å². The molecule has 1 heterocycles. The topological polar surface area (TPSA) is 30.5 Å². The Hall–Kier alpha value is -1.55. The second-order valence-corrected chi connectivity index (χ2v) is 9.95. The van der Waals surface area contributed by atoms with Crippen molar-refractivity contribution in [3.8, 4) is 5.75 Å². The highest BCUT2D eigenvalue weighted by Gasteiger charge is 2.40. The molecule has 3 rings (SSSR count).